The first-order chi connectivity index (χ1) is 11.8. The Balaban J connectivity index is 1.84. The largest absolute Gasteiger partial charge is 0.317 e. The molecule has 0 amide bonds. The second-order valence-electron chi connectivity index (χ2n) is 6.47. The monoisotopic (exact) mass is 319 g/mol. The zero-order valence-electron chi connectivity index (χ0n) is 13.8. The van der Waals surface area contributed by atoms with Crippen LogP contribution in [-0.2, 0) is 0 Å². The van der Waals surface area contributed by atoms with E-state index in [0.717, 1.165) is 48.1 Å². The normalized spacial score (nSPS) is 15.7. The minimum absolute atomic E-state index is 0.0197. The number of fused-ring (bicyclic) bond motifs is 1. The van der Waals surface area contributed by atoms with Crippen LogP contribution in [0.3, 0.4) is 0 Å². The van der Waals surface area contributed by atoms with Crippen molar-refractivity contribution in [1.29, 1.82) is 0 Å². The molecule has 0 spiro atoms. The third-order valence-corrected chi connectivity index (χ3v) is 4.96. The van der Waals surface area contributed by atoms with E-state index >= 15 is 0 Å². The summed E-state index contributed by atoms with van der Waals surface area (Å²) in [5, 5.41) is 3.40. The first-order valence-electron chi connectivity index (χ1n) is 8.52. The second kappa shape index (κ2) is 6.21. The second-order valence-corrected chi connectivity index (χ2v) is 6.47. The molecule has 1 aromatic carbocycles. The van der Waals surface area contributed by atoms with Gasteiger partial charge in [-0.3, -0.25) is 14.3 Å². The number of aromatic nitrogens is 2. The van der Waals surface area contributed by atoms with Crippen molar-refractivity contribution >= 4 is 16.9 Å². The van der Waals surface area contributed by atoms with Gasteiger partial charge >= 0.3 is 0 Å². The lowest BCUT2D eigenvalue weighted by molar-refractivity contribution is 0.0964. The zero-order chi connectivity index (χ0) is 16.5. The van der Waals surface area contributed by atoms with Crippen molar-refractivity contribution in [2.45, 2.75) is 25.7 Å². The number of pyridine rings is 1. The lowest BCUT2D eigenvalue weighted by atomic mass is 9.91. The molecule has 0 unspecified atom stereocenters. The third-order valence-electron chi connectivity index (χ3n) is 4.96. The van der Waals surface area contributed by atoms with Gasteiger partial charge in [-0.2, -0.15) is 0 Å². The Morgan fingerprint density at radius 3 is 2.75 bits per heavy atom. The molecule has 0 radical (unpaired) electrons. The molecule has 1 fully saturated rings. The molecule has 3 aromatic rings. The van der Waals surface area contributed by atoms with Gasteiger partial charge in [0, 0.05) is 18.0 Å². The minimum Gasteiger partial charge on any atom is -0.317 e. The van der Waals surface area contributed by atoms with Crippen LogP contribution in [0.5, 0.6) is 0 Å². The number of nitrogens with one attached hydrogen (secondary N) is 1. The molecular formula is C20H21N3O. The average molecular weight is 319 g/mol. The van der Waals surface area contributed by atoms with Crippen LogP contribution in [0.4, 0.5) is 0 Å². The van der Waals surface area contributed by atoms with E-state index in [0.29, 0.717) is 5.92 Å². The molecule has 2 aromatic heterocycles. The first-order valence-corrected chi connectivity index (χ1v) is 8.52. The van der Waals surface area contributed by atoms with Gasteiger partial charge in [0.2, 0.25) is 0 Å². The van der Waals surface area contributed by atoms with Crippen LogP contribution in [-0.4, -0.2) is 28.5 Å². The highest BCUT2D eigenvalue weighted by Crippen LogP contribution is 2.32. The fourth-order valence-electron chi connectivity index (χ4n) is 3.63. The summed E-state index contributed by atoms with van der Waals surface area (Å²) in [4.78, 5) is 17.7. The molecule has 24 heavy (non-hydrogen) atoms. The fraction of sp³-hybridized carbons (Fsp3) is 0.300. The van der Waals surface area contributed by atoms with Crippen LogP contribution >= 0.6 is 0 Å². The van der Waals surface area contributed by atoms with Crippen molar-refractivity contribution in [3.05, 3.63) is 65.5 Å². The molecule has 1 saturated heterocycles. The third kappa shape index (κ3) is 2.53. The molecule has 4 nitrogen and oxygen atoms in total. The Morgan fingerprint density at radius 1 is 1.17 bits per heavy atom. The van der Waals surface area contributed by atoms with E-state index in [2.05, 4.69) is 10.3 Å². The van der Waals surface area contributed by atoms with E-state index in [9.17, 15) is 4.79 Å². The van der Waals surface area contributed by atoms with Crippen molar-refractivity contribution in [3.63, 3.8) is 0 Å². The maximum Gasteiger partial charge on any atom is 0.262 e. The summed E-state index contributed by atoms with van der Waals surface area (Å²) in [5.74, 6) is 0.487. The maximum atomic E-state index is 13.1. The molecule has 0 aliphatic carbocycles. The van der Waals surface area contributed by atoms with Gasteiger partial charge in [0.25, 0.3) is 5.91 Å². The molecule has 1 N–H and O–H groups in total. The lowest BCUT2D eigenvalue weighted by Crippen LogP contribution is -2.26. The maximum absolute atomic E-state index is 13.1. The molecule has 1 aliphatic heterocycles. The molecule has 0 atom stereocenters. The van der Waals surface area contributed by atoms with E-state index in [1.54, 1.807) is 4.57 Å². The summed E-state index contributed by atoms with van der Waals surface area (Å²) in [6.45, 7) is 4.02. The van der Waals surface area contributed by atoms with Crippen LogP contribution in [0.1, 0.15) is 40.2 Å². The number of carbonyl (C=O) groups excluding carboxylic acids is 1. The number of hydrogen-bond donors (Lipinski definition) is 1. The smallest absolute Gasteiger partial charge is 0.262 e. The number of rotatable bonds is 2. The van der Waals surface area contributed by atoms with Gasteiger partial charge in [-0.05, 0) is 68.1 Å². The molecular weight excluding hydrogens is 298 g/mol. The Labute approximate surface area is 141 Å². The quantitative estimate of drug-likeness (QED) is 0.786. The number of carbonyl (C=O) groups is 1. The van der Waals surface area contributed by atoms with Gasteiger partial charge in [0.15, 0.2) is 0 Å². The fourth-order valence-corrected chi connectivity index (χ4v) is 3.63. The van der Waals surface area contributed by atoms with E-state index in [-0.39, 0.29) is 5.91 Å². The zero-order valence-corrected chi connectivity index (χ0v) is 13.8. The Kier molecular flexibility index (Phi) is 3.90. The predicted molar refractivity (Wildman–Crippen MR) is 95.5 cm³/mol. The highest BCUT2D eigenvalue weighted by Gasteiger charge is 2.23. The van der Waals surface area contributed by atoms with E-state index in [4.69, 9.17) is 0 Å². The van der Waals surface area contributed by atoms with Crippen molar-refractivity contribution in [1.82, 2.24) is 14.9 Å². The molecule has 4 heteroatoms. The van der Waals surface area contributed by atoms with Crippen molar-refractivity contribution in [3.8, 4) is 0 Å². The highest BCUT2D eigenvalue weighted by molar-refractivity contribution is 6.03. The van der Waals surface area contributed by atoms with Gasteiger partial charge in [0.05, 0.1) is 11.0 Å². The summed E-state index contributed by atoms with van der Waals surface area (Å²) in [6, 6.07) is 11.6. The van der Waals surface area contributed by atoms with Gasteiger partial charge in [0.1, 0.15) is 0 Å². The van der Waals surface area contributed by atoms with Gasteiger partial charge in [-0.15, -0.1) is 0 Å². The Bertz CT molecular complexity index is 891. The van der Waals surface area contributed by atoms with Crippen LogP contribution in [0.15, 0.2) is 48.8 Å². The molecule has 0 saturated carbocycles. The number of benzene rings is 1. The van der Waals surface area contributed by atoms with Crippen LogP contribution < -0.4 is 5.32 Å². The number of nitrogens with zero attached hydrogens (tertiary/aromatic N) is 2. The first kappa shape index (κ1) is 15.1. The summed E-state index contributed by atoms with van der Waals surface area (Å²) in [7, 11) is 0. The summed E-state index contributed by atoms with van der Waals surface area (Å²) < 4.78 is 1.78. The highest BCUT2D eigenvalue weighted by atomic mass is 16.2. The van der Waals surface area contributed by atoms with Crippen LogP contribution in [0.25, 0.3) is 11.0 Å². The van der Waals surface area contributed by atoms with Gasteiger partial charge in [-0.25, -0.2) is 0 Å². The summed E-state index contributed by atoms with van der Waals surface area (Å²) >= 11 is 0. The topological polar surface area (TPSA) is 46.9 Å². The minimum atomic E-state index is 0.0197. The molecule has 0 bridgehead atoms. The molecule has 3 heterocycles. The van der Waals surface area contributed by atoms with Gasteiger partial charge in [-0.1, -0.05) is 18.2 Å². The Morgan fingerprint density at radius 2 is 1.96 bits per heavy atom. The van der Waals surface area contributed by atoms with Crippen LogP contribution in [0, 0.1) is 6.92 Å². The van der Waals surface area contributed by atoms with E-state index in [1.807, 2.05) is 55.7 Å². The Hall–Kier alpha value is -2.46. The molecule has 1 aliphatic rings. The number of aryl methyl sites for hydroxylation is 1. The SMILES string of the molecule is Cc1ccccc1C(=O)n1cc(C2CCNCC2)c2ncccc21. The van der Waals surface area contributed by atoms with Crippen molar-refractivity contribution in [2.24, 2.45) is 0 Å². The summed E-state index contributed by atoms with van der Waals surface area (Å²) in [5.41, 5.74) is 4.81. The van der Waals surface area contributed by atoms with Crippen molar-refractivity contribution < 1.29 is 4.79 Å². The van der Waals surface area contributed by atoms with Gasteiger partial charge < -0.3 is 5.32 Å². The van der Waals surface area contributed by atoms with E-state index < -0.39 is 0 Å². The average Bonchev–Trinajstić information content (AvgIpc) is 3.02. The molecule has 122 valence electrons. The standard InChI is InChI=1S/C20H21N3O/c1-14-5-2-3-6-16(14)20(24)23-13-17(15-8-11-21-12-9-15)19-18(23)7-4-10-22-19/h2-7,10,13,15,21H,8-9,11-12H2,1H3. The number of piperidine rings is 1. The molecule has 4 rings (SSSR count). The van der Waals surface area contributed by atoms with Crippen LogP contribution in [0.2, 0.25) is 0 Å². The lowest BCUT2D eigenvalue weighted by Gasteiger charge is -2.21. The number of hydrogen-bond acceptors (Lipinski definition) is 3. The van der Waals surface area contributed by atoms with Crippen molar-refractivity contribution in [2.75, 3.05) is 13.1 Å². The summed E-state index contributed by atoms with van der Waals surface area (Å²) in [6.07, 6.45) is 6.01. The predicted octanol–water partition coefficient (Wildman–Crippen LogP) is 3.50. The van der Waals surface area contributed by atoms with E-state index in [1.165, 1.54) is 5.56 Å².